The van der Waals surface area contributed by atoms with Crippen molar-refractivity contribution < 1.29 is 47.8 Å². The number of allylic oxidation sites excluding steroid dienone is 12. The van der Waals surface area contributed by atoms with Crippen LogP contribution in [-0.4, -0.2) is 64.9 Å². The molecule has 0 aliphatic heterocycles. The number of aliphatic hydroxyl groups is 1. The highest BCUT2D eigenvalue weighted by atomic mass is 31.2. The second-order valence-electron chi connectivity index (χ2n) is 17.3. The van der Waals surface area contributed by atoms with E-state index in [0.717, 1.165) is 96.3 Å². The molecule has 0 saturated heterocycles. The van der Waals surface area contributed by atoms with Gasteiger partial charge in [0.15, 0.2) is 6.04 Å². The van der Waals surface area contributed by atoms with Gasteiger partial charge in [0.05, 0.1) is 13.2 Å². The molecule has 0 aliphatic carbocycles. The van der Waals surface area contributed by atoms with E-state index in [0.29, 0.717) is 12.8 Å². The molecule has 3 unspecified atom stereocenters. The van der Waals surface area contributed by atoms with E-state index in [1.54, 1.807) is 0 Å². The van der Waals surface area contributed by atoms with Crippen LogP contribution in [0, 0.1) is 0 Å². The van der Waals surface area contributed by atoms with Gasteiger partial charge in [0, 0.05) is 12.8 Å². The van der Waals surface area contributed by atoms with E-state index in [1.165, 1.54) is 83.5 Å². The largest absolute Gasteiger partial charge is 0.480 e. The van der Waals surface area contributed by atoms with Crippen LogP contribution in [0.15, 0.2) is 72.9 Å². The average Bonchev–Trinajstić information content (AvgIpc) is 3.29. The summed E-state index contributed by atoms with van der Waals surface area (Å²) in [6, 6.07) is -1.56. The van der Waals surface area contributed by atoms with E-state index in [1.807, 2.05) is 0 Å². The normalized spacial score (nSPS) is 14.1. The fourth-order valence-corrected chi connectivity index (χ4v) is 7.76. The molecule has 4 N–H and O–H groups in total. The number of ether oxygens (including phenoxy) is 1. The van der Waals surface area contributed by atoms with Gasteiger partial charge in [-0.15, -0.1) is 0 Å². The maximum Gasteiger partial charge on any atom is 0.472 e. The fraction of sp³-hybridized carbons (Fsp3) is 0.722. The summed E-state index contributed by atoms with van der Waals surface area (Å²) in [7, 11) is -4.77. The van der Waals surface area contributed by atoms with Crippen LogP contribution in [-0.2, 0) is 32.7 Å². The number of amides is 1. The molecule has 0 aliphatic rings. The zero-order valence-corrected chi connectivity index (χ0v) is 42.4. The predicted octanol–water partition coefficient (Wildman–Crippen LogP) is 14.5. The lowest BCUT2D eigenvalue weighted by Gasteiger charge is -2.18. The molecule has 0 fully saturated rings. The van der Waals surface area contributed by atoms with Crippen molar-refractivity contribution in [2.24, 2.45) is 0 Å². The van der Waals surface area contributed by atoms with Crippen molar-refractivity contribution in [3.05, 3.63) is 72.9 Å². The molecule has 11 nitrogen and oxygen atoms in total. The zero-order valence-electron chi connectivity index (χ0n) is 41.5. The van der Waals surface area contributed by atoms with E-state index >= 15 is 0 Å². The smallest absolute Gasteiger partial charge is 0.472 e. The molecule has 0 rings (SSSR count). The van der Waals surface area contributed by atoms with Crippen molar-refractivity contribution >= 4 is 25.7 Å². The van der Waals surface area contributed by atoms with Gasteiger partial charge >= 0.3 is 19.8 Å². The predicted molar refractivity (Wildman–Crippen MR) is 272 cm³/mol. The fourth-order valence-electron chi connectivity index (χ4n) is 6.98. The topological polar surface area (TPSA) is 169 Å². The molecule has 0 aromatic carbocycles. The first-order valence-electron chi connectivity index (χ1n) is 26.0. The maximum atomic E-state index is 12.4. The number of phosphoric ester groups is 1. The molecule has 0 radical (unpaired) electrons. The number of phosphoric acid groups is 1. The minimum absolute atomic E-state index is 0.129. The molecule has 0 heterocycles. The first-order valence-corrected chi connectivity index (χ1v) is 27.5. The summed E-state index contributed by atoms with van der Waals surface area (Å²) in [5.41, 5.74) is 0. The Morgan fingerprint density at radius 1 is 0.500 bits per heavy atom. The van der Waals surface area contributed by atoms with E-state index < -0.39 is 57.6 Å². The summed E-state index contributed by atoms with van der Waals surface area (Å²) in [5.74, 6) is -2.39. The summed E-state index contributed by atoms with van der Waals surface area (Å²) < 4.78 is 27.0. The number of carbonyl (C=O) groups is 3. The van der Waals surface area contributed by atoms with Gasteiger partial charge in [0.2, 0.25) is 5.91 Å². The SMILES string of the molecule is CC/C=C\C/C=C\C/C=C\C/C=C\C/C=C\CCCCCCCCCC(=O)NC(COP(=O)(O)OCC(O)COC(=O)CCCCCCCCCCC/C=C/CCCCCCCC)C(=O)O. The minimum Gasteiger partial charge on any atom is -0.480 e. The zero-order chi connectivity index (χ0) is 48.4. The van der Waals surface area contributed by atoms with Gasteiger partial charge in [0.25, 0.3) is 0 Å². The average molecular weight is 948 g/mol. The quantitative estimate of drug-likeness (QED) is 0.0199. The Labute approximate surface area is 401 Å². The molecule has 0 aromatic heterocycles. The number of nitrogens with one attached hydrogen (secondary N) is 1. The highest BCUT2D eigenvalue weighted by Crippen LogP contribution is 2.43. The van der Waals surface area contributed by atoms with Crippen LogP contribution in [0.1, 0.15) is 219 Å². The molecule has 380 valence electrons. The Morgan fingerprint density at radius 3 is 1.33 bits per heavy atom. The molecule has 3 atom stereocenters. The van der Waals surface area contributed by atoms with Crippen molar-refractivity contribution in [2.45, 2.75) is 231 Å². The summed E-state index contributed by atoms with van der Waals surface area (Å²) in [6.45, 7) is 2.49. The number of carbonyl (C=O) groups excluding carboxylic acids is 2. The first-order chi connectivity index (χ1) is 32.1. The summed E-state index contributed by atoms with van der Waals surface area (Å²) in [4.78, 5) is 46.2. The van der Waals surface area contributed by atoms with Crippen LogP contribution in [0.25, 0.3) is 0 Å². The van der Waals surface area contributed by atoms with Gasteiger partial charge in [-0.05, 0) is 83.5 Å². The van der Waals surface area contributed by atoms with Crippen molar-refractivity contribution in [1.29, 1.82) is 0 Å². The summed E-state index contributed by atoms with van der Waals surface area (Å²) >= 11 is 0. The second-order valence-corrected chi connectivity index (χ2v) is 18.8. The molecular formula is C54H94NO10P. The number of aliphatic hydroxyl groups excluding tert-OH is 1. The summed E-state index contributed by atoms with van der Waals surface area (Å²) in [5, 5.41) is 21.9. The number of hydrogen-bond donors (Lipinski definition) is 4. The Balaban J connectivity index is 3.86. The number of carboxylic acid groups (broad SMARTS) is 1. The lowest BCUT2D eigenvalue weighted by molar-refractivity contribution is -0.147. The minimum atomic E-state index is -4.77. The number of rotatable bonds is 48. The maximum absolute atomic E-state index is 12.4. The molecule has 12 heteroatoms. The van der Waals surface area contributed by atoms with Gasteiger partial charge in [-0.1, -0.05) is 196 Å². The van der Waals surface area contributed by atoms with Crippen LogP contribution in [0.2, 0.25) is 0 Å². The van der Waals surface area contributed by atoms with Crippen LogP contribution in [0.4, 0.5) is 0 Å². The third-order valence-electron chi connectivity index (χ3n) is 11.0. The lowest BCUT2D eigenvalue weighted by atomic mass is 10.1. The Morgan fingerprint density at radius 2 is 0.879 bits per heavy atom. The highest BCUT2D eigenvalue weighted by Gasteiger charge is 2.28. The molecule has 0 aromatic rings. The Bertz CT molecular complexity index is 1390. The van der Waals surface area contributed by atoms with Crippen molar-refractivity contribution in [3.63, 3.8) is 0 Å². The third-order valence-corrected chi connectivity index (χ3v) is 11.9. The van der Waals surface area contributed by atoms with Crippen molar-refractivity contribution in [1.82, 2.24) is 5.32 Å². The van der Waals surface area contributed by atoms with E-state index in [9.17, 15) is 34.1 Å². The molecule has 0 bridgehead atoms. The monoisotopic (exact) mass is 948 g/mol. The number of esters is 1. The van der Waals surface area contributed by atoms with Crippen LogP contribution in [0.3, 0.4) is 0 Å². The number of carboxylic acids is 1. The van der Waals surface area contributed by atoms with Crippen LogP contribution < -0.4 is 5.32 Å². The van der Waals surface area contributed by atoms with E-state index in [2.05, 4.69) is 92.1 Å². The van der Waals surface area contributed by atoms with Gasteiger partial charge in [-0.2, -0.15) is 0 Å². The number of aliphatic carboxylic acids is 1. The van der Waals surface area contributed by atoms with Gasteiger partial charge in [-0.3, -0.25) is 18.6 Å². The Kier molecular flexibility index (Phi) is 46.1. The lowest BCUT2D eigenvalue weighted by Crippen LogP contribution is -2.43. The van der Waals surface area contributed by atoms with E-state index in [-0.39, 0.29) is 12.8 Å². The van der Waals surface area contributed by atoms with Crippen molar-refractivity contribution in [2.75, 3.05) is 19.8 Å². The standard InChI is InChI=1S/C54H94NO10P/c1-3-5-7-9-11-13-15-17-19-21-23-24-25-26-28-29-31-33-35-37-39-41-43-45-52(57)55-51(54(59)60)49-65-66(61,62)64-48-50(56)47-63-53(58)46-44-42-40-38-36-34-32-30-27-22-20-18-16-14-12-10-8-6-4-2/h5,7,11,13,17-20,23-24,26,28,50-51,56H,3-4,6,8-10,12,14-16,21-22,25,27,29-49H2,1-2H3,(H,55,57)(H,59,60)(H,61,62)/b7-5-,13-11-,19-17-,20-18+,24-23-,28-26-. The van der Waals surface area contributed by atoms with Gasteiger partial charge in [-0.25, -0.2) is 9.36 Å². The third kappa shape index (κ3) is 47.4. The molecular weight excluding hydrogens is 854 g/mol. The molecule has 66 heavy (non-hydrogen) atoms. The van der Waals surface area contributed by atoms with E-state index in [4.69, 9.17) is 13.8 Å². The van der Waals surface area contributed by atoms with Crippen molar-refractivity contribution in [3.8, 4) is 0 Å². The number of hydrogen-bond acceptors (Lipinski definition) is 8. The molecule has 1 amide bonds. The number of unbranched alkanes of at least 4 members (excludes halogenated alkanes) is 22. The highest BCUT2D eigenvalue weighted by molar-refractivity contribution is 7.47. The second kappa shape index (κ2) is 48.4. The van der Waals surface area contributed by atoms with Gasteiger partial charge in [0.1, 0.15) is 12.7 Å². The van der Waals surface area contributed by atoms with Crippen LogP contribution in [0.5, 0.6) is 0 Å². The summed E-state index contributed by atoms with van der Waals surface area (Å²) in [6.07, 6.45) is 59.2. The van der Waals surface area contributed by atoms with Gasteiger partial charge < -0.3 is 25.2 Å². The Hall–Kier alpha value is -3.08. The van der Waals surface area contributed by atoms with Crippen LogP contribution >= 0.6 is 7.82 Å². The molecule has 0 spiro atoms. The molecule has 0 saturated carbocycles. The first kappa shape index (κ1) is 62.9.